The molecule has 0 amide bonds. The van der Waals surface area contributed by atoms with E-state index in [0.29, 0.717) is 6.61 Å². The third-order valence-corrected chi connectivity index (χ3v) is 1.54. The van der Waals surface area contributed by atoms with Gasteiger partial charge in [0.05, 0.1) is 19.3 Å². The Morgan fingerprint density at radius 1 is 1.40 bits per heavy atom. The van der Waals surface area contributed by atoms with Crippen LogP contribution < -0.4 is 0 Å². The van der Waals surface area contributed by atoms with E-state index in [1.54, 1.807) is 7.11 Å². The average Bonchev–Trinajstić information content (AvgIpc) is 2.14. The molecular weight excluding hydrogens is 132 g/mol. The van der Waals surface area contributed by atoms with E-state index in [2.05, 4.69) is 0 Å². The maximum atomic E-state index is 5.33. The Kier molecular flexibility index (Phi) is 3.12. The molecule has 0 spiro atoms. The molecule has 1 aliphatic rings. The van der Waals surface area contributed by atoms with Gasteiger partial charge in [-0.05, 0) is 6.92 Å². The van der Waals surface area contributed by atoms with Crippen LogP contribution >= 0.6 is 0 Å². The normalized spacial score (nSPS) is 35.4. The van der Waals surface area contributed by atoms with Gasteiger partial charge in [-0.1, -0.05) is 0 Å². The molecule has 3 nitrogen and oxygen atoms in total. The molecule has 0 saturated carbocycles. The predicted octanol–water partition coefficient (Wildman–Crippen LogP) is 0.784. The van der Waals surface area contributed by atoms with E-state index in [-0.39, 0.29) is 12.4 Å². The van der Waals surface area contributed by atoms with Crippen molar-refractivity contribution in [2.75, 3.05) is 20.3 Å². The maximum absolute atomic E-state index is 5.33. The van der Waals surface area contributed by atoms with Crippen LogP contribution in [0.15, 0.2) is 0 Å². The van der Waals surface area contributed by atoms with Crippen molar-refractivity contribution in [1.29, 1.82) is 0 Å². The molecule has 1 fully saturated rings. The molecule has 0 N–H and O–H groups in total. The first-order valence-corrected chi connectivity index (χ1v) is 3.59. The summed E-state index contributed by atoms with van der Waals surface area (Å²) in [6, 6.07) is 0. The quantitative estimate of drug-likeness (QED) is 0.547. The lowest BCUT2D eigenvalue weighted by Crippen LogP contribution is -2.17. The fourth-order valence-corrected chi connectivity index (χ4v) is 0.926. The fraction of sp³-hybridized carbons (Fsp3) is 1.00. The van der Waals surface area contributed by atoms with Crippen LogP contribution in [0.4, 0.5) is 0 Å². The maximum Gasteiger partial charge on any atom is 0.159 e. The summed E-state index contributed by atoms with van der Waals surface area (Å²) in [6.45, 7) is 3.37. The second kappa shape index (κ2) is 3.91. The first-order valence-electron chi connectivity index (χ1n) is 3.59. The topological polar surface area (TPSA) is 27.7 Å². The van der Waals surface area contributed by atoms with Crippen molar-refractivity contribution >= 4 is 0 Å². The van der Waals surface area contributed by atoms with Crippen LogP contribution in [-0.2, 0) is 14.2 Å². The van der Waals surface area contributed by atoms with E-state index in [1.165, 1.54) is 0 Å². The van der Waals surface area contributed by atoms with Crippen molar-refractivity contribution in [2.45, 2.75) is 25.7 Å². The second-order valence-electron chi connectivity index (χ2n) is 2.47. The molecule has 0 unspecified atom stereocenters. The Bertz CT molecular complexity index is 94.9. The summed E-state index contributed by atoms with van der Waals surface area (Å²) in [5.41, 5.74) is 0. The molecule has 0 aromatic heterocycles. The van der Waals surface area contributed by atoms with Gasteiger partial charge < -0.3 is 14.2 Å². The summed E-state index contributed by atoms with van der Waals surface area (Å²) in [7, 11) is 1.65. The first kappa shape index (κ1) is 7.98. The lowest BCUT2D eigenvalue weighted by molar-refractivity contribution is -0.122. The molecule has 1 aliphatic heterocycles. The van der Waals surface area contributed by atoms with Gasteiger partial charge in [0.2, 0.25) is 0 Å². The van der Waals surface area contributed by atoms with Crippen LogP contribution in [0, 0.1) is 0 Å². The minimum atomic E-state index is -0.0649. The zero-order valence-corrected chi connectivity index (χ0v) is 6.50. The molecule has 1 rings (SSSR count). The van der Waals surface area contributed by atoms with E-state index in [4.69, 9.17) is 14.2 Å². The summed E-state index contributed by atoms with van der Waals surface area (Å²) in [4.78, 5) is 0. The molecule has 1 heterocycles. The van der Waals surface area contributed by atoms with Crippen molar-refractivity contribution in [3.05, 3.63) is 0 Å². The molecule has 60 valence electrons. The van der Waals surface area contributed by atoms with E-state index in [0.717, 1.165) is 13.0 Å². The van der Waals surface area contributed by atoms with Gasteiger partial charge in [0.15, 0.2) is 6.29 Å². The van der Waals surface area contributed by atoms with Crippen LogP contribution in [-0.4, -0.2) is 32.7 Å². The summed E-state index contributed by atoms with van der Waals surface area (Å²) >= 11 is 0. The Morgan fingerprint density at radius 2 is 2.20 bits per heavy atom. The zero-order valence-electron chi connectivity index (χ0n) is 6.50. The molecule has 1 saturated heterocycles. The van der Waals surface area contributed by atoms with Gasteiger partial charge in [0, 0.05) is 13.5 Å². The minimum absolute atomic E-state index is 0.0649. The predicted molar refractivity (Wildman–Crippen MR) is 36.8 cm³/mol. The molecule has 0 aliphatic carbocycles. The molecule has 10 heavy (non-hydrogen) atoms. The Labute approximate surface area is 61.3 Å². The van der Waals surface area contributed by atoms with Gasteiger partial charge in [-0.15, -0.1) is 0 Å². The highest BCUT2D eigenvalue weighted by Gasteiger charge is 2.15. The van der Waals surface area contributed by atoms with E-state index in [1.807, 2.05) is 6.92 Å². The number of ether oxygens (including phenoxy) is 3. The molecule has 3 heteroatoms. The largest absolute Gasteiger partial charge is 0.376 e. The van der Waals surface area contributed by atoms with Gasteiger partial charge in [0.25, 0.3) is 0 Å². The highest BCUT2D eigenvalue weighted by molar-refractivity contribution is 4.55. The highest BCUT2D eigenvalue weighted by Crippen LogP contribution is 2.07. The van der Waals surface area contributed by atoms with E-state index >= 15 is 0 Å². The van der Waals surface area contributed by atoms with E-state index < -0.39 is 0 Å². The van der Waals surface area contributed by atoms with Gasteiger partial charge in [-0.2, -0.15) is 0 Å². The fourth-order valence-electron chi connectivity index (χ4n) is 0.926. The van der Waals surface area contributed by atoms with Crippen LogP contribution in [0.1, 0.15) is 13.3 Å². The van der Waals surface area contributed by atoms with E-state index in [9.17, 15) is 0 Å². The second-order valence-corrected chi connectivity index (χ2v) is 2.47. The lowest BCUT2D eigenvalue weighted by Gasteiger charge is -2.11. The third-order valence-electron chi connectivity index (χ3n) is 1.54. The monoisotopic (exact) mass is 146 g/mol. The number of methoxy groups -OCH3 is 1. The van der Waals surface area contributed by atoms with Crippen LogP contribution in [0.5, 0.6) is 0 Å². The molecule has 0 bridgehead atoms. The summed E-state index contributed by atoms with van der Waals surface area (Å²) in [6.07, 6.45) is 0.978. The highest BCUT2D eigenvalue weighted by atomic mass is 16.7. The third kappa shape index (κ3) is 2.25. The summed E-state index contributed by atoms with van der Waals surface area (Å²) < 4.78 is 15.7. The summed E-state index contributed by atoms with van der Waals surface area (Å²) in [5.74, 6) is 0. The summed E-state index contributed by atoms with van der Waals surface area (Å²) in [5, 5.41) is 0. The number of rotatable bonds is 1. The molecule has 0 aromatic rings. The van der Waals surface area contributed by atoms with Crippen molar-refractivity contribution < 1.29 is 14.2 Å². The van der Waals surface area contributed by atoms with Crippen LogP contribution in [0.2, 0.25) is 0 Å². The average molecular weight is 146 g/mol. The molecule has 0 aromatic carbocycles. The molecule has 0 radical (unpaired) electrons. The smallest absolute Gasteiger partial charge is 0.159 e. The Balaban J connectivity index is 2.26. The Hall–Kier alpha value is -0.120. The first-order chi connectivity index (χ1) is 4.83. The SMILES string of the molecule is CO[C@@H]1CCO[C@@H](C)CO1. The standard InChI is InChI=1S/C7H14O3/c1-6-5-10-7(8-2)3-4-9-6/h6-7H,3-5H2,1-2H3/t6-,7-/m0/s1. The minimum Gasteiger partial charge on any atom is -0.376 e. The van der Waals surface area contributed by atoms with Crippen molar-refractivity contribution in [3.8, 4) is 0 Å². The number of hydrogen-bond donors (Lipinski definition) is 0. The van der Waals surface area contributed by atoms with Gasteiger partial charge in [-0.25, -0.2) is 0 Å². The van der Waals surface area contributed by atoms with Gasteiger partial charge in [0.1, 0.15) is 0 Å². The van der Waals surface area contributed by atoms with Crippen molar-refractivity contribution in [3.63, 3.8) is 0 Å². The van der Waals surface area contributed by atoms with Crippen molar-refractivity contribution in [1.82, 2.24) is 0 Å². The molecule has 2 atom stereocenters. The van der Waals surface area contributed by atoms with Gasteiger partial charge >= 0.3 is 0 Å². The zero-order chi connectivity index (χ0) is 7.40. The molecular formula is C7H14O3. The van der Waals surface area contributed by atoms with Crippen molar-refractivity contribution in [2.24, 2.45) is 0 Å². The lowest BCUT2D eigenvalue weighted by atomic mass is 10.4. The number of hydrogen-bond acceptors (Lipinski definition) is 3. The van der Waals surface area contributed by atoms with Gasteiger partial charge in [-0.3, -0.25) is 0 Å². The Morgan fingerprint density at radius 3 is 2.90 bits per heavy atom. The van der Waals surface area contributed by atoms with Crippen LogP contribution in [0.25, 0.3) is 0 Å². The van der Waals surface area contributed by atoms with Crippen LogP contribution in [0.3, 0.4) is 0 Å².